The van der Waals surface area contributed by atoms with Crippen LogP contribution < -0.4 is 0 Å². The fraction of sp³-hybridized carbons (Fsp3) is 0. The zero-order valence-corrected chi connectivity index (χ0v) is 6.77. The van der Waals surface area contributed by atoms with E-state index in [1.54, 1.807) is 0 Å². The quantitative estimate of drug-likeness (QED) is 0.307. The molecule has 0 saturated carbocycles. The summed E-state index contributed by atoms with van der Waals surface area (Å²) < 4.78 is 0. The van der Waals surface area contributed by atoms with E-state index in [-0.39, 0.29) is 17.0 Å². The Morgan fingerprint density at radius 3 is 2.77 bits per heavy atom. The van der Waals surface area contributed by atoms with Crippen molar-refractivity contribution in [2.75, 3.05) is 0 Å². The summed E-state index contributed by atoms with van der Waals surface area (Å²) in [5, 5.41) is 10.3. The van der Waals surface area contributed by atoms with Crippen molar-refractivity contribution in [2.45, 2.75) is 0 Å². The third-order valence-electron chi connectivity index (χ3n) is 1.53. The monoisotopic (exact) mass is 177 g/mol. The zero-order chi connectivity index (χ0) is 9.84. The van der Waals surface area contributed by atoms with Gasteiger partial charge >= 0.3 is 0 Å². The standard InChI is InChI=1S/C9H7NO3/c1-2-9(11)7-4-3-5-8(6-7)10(12)13/h2-6H,1H2. The number of nitro groups is 1. The van der Waals surface area contributed by atoms with Gasteiger partial charge in [-0.15, -0.1) is 0 Å². The molecule has 1 aromatic rings. The molecule has 0 fully saturated rings. The first kappa shape index (κ1) is 9.12. The molecule has 13 heavy (non-hydrogen) atoms. The van der Waals surface area contributed by atoms with Crippen molar-refractivity contribution in [3.8, 4) is 0 Å². The lowest BCUT2D eigenvalue weighted by Crippen LogP contribution is -1.95. The van der Waals surface area contributed by atoms with Gasteiger partial charge in [0.05, 0.1) is 4.92 Å². The fourth-order valence-electron chi connectivity index (χ4n) is 0.891. The Kier molecular flexibility index (Phi) is 2.54. The number of allylic oxidation sites excluding steroid dienone is 1. The third-order valence-corrected chi connectivity index (χ3v) is 1.53. The topological polar surface area (TPSA) is 60.2 Å². The van der Waals surface area contributed by atoms with E-state index in [2.05, 4.69) is 6.58 Å². The van der Waals surface area contributed by atoms with Gasteiger partial charge in [0.2, 0.25) is 0 Å². The molecule has 0 aliphatic rings. The van der Waals surface area contributed by atoms with Crippen LogP contribution in [0.5, 0.6) is 0 Å². The van der Waals surface area contributed by atoms with Crippen LogP contribution in [0.3, 0.4) is 0 Å². The van der Waals surface area contributed by atoms with Gasteiger partial charge in [-0.25, -0.2) is 0 Å². The summed E-state index contributed by atoms with van der Waals surface area (Å²) in [6.07, 6.45) is 1.12. The molecule has 1 aromatic carbocycles. The van der Waals surface area contributed by atoms with Crippen molar-refractivity contribution in [1.82, 2.24) is 0 Å². The van der Waals surface area contributed by atoms with E-state index >= 15 is 0 Å². The number of benzene rings is 1. The number of carbonyl (C=O) groups is 1. The second-order valence-electron chi connectivity index (χ2n) is 2.38. The normalized spacial score (nSPS) is 9.23. The Hall–Kier alpha value is -1.97. The van der Waals surface area contributed by atoms with Crippen LogP contribution >= 0.6 is 0 Å². The molecule has 0 heterocycles. The number of hydrogen-bond acceptors (Lipinski definition) is 3. The minimum absolute atomic E-state index is 0.0901. The van der Waals surface area contributed by atoms with Gasteiger partial charge in [-0.05, 0) is 6.08 Å². The van der Waals surface area contributed by atoms with Crippen molar-refractivity contribution >= 4 is 11.5 Å². The zero-order valence-electron chi connectivity index (χ0n) is 6.77. The summed E-state index contributed by atoms with van der Waals surface area (Å²) in [4.78, 5) is 20.8. The Balaban J connectivity index is 3.12. The summed E-state index contributed by atoms with van der Waals surface area (Å²) in [7, 11) is 0. The van der Waals surface area contributed by atoms with Crippen LogP contribution in [0.25, 0.3) is 0 Å². The fourth-order valence-corrected chi connectivity index (χ4v) is 0.891. The van der Waals surface area contributed by atoms with Crippen molar-refractivity contribution in [2.24, 2.45) is 0 Å². The molecule has 0 aliphatic carbocycles. The first-order valence-electron chi connectivity index (χ1n) is 3.56. The molecule has 0 spiro atoms. The van der Waals surface area contributed by atoms with Crippen LogP contribution in [0.1, 0.15) is 10.4 Å². The molecule has 0 N–H and O–H groups in total. The van der Waals surface area contributed by atoms with Gasteiger partial charge in [-0.2, -0.15) is 0 Å². The summed E-state index contributed by atoms with van der Waals surface area (Å²) in [5.74, 6) is -0.316. The lowest BCUT2D eigenvalue weighted by molar-refractivity contribution is -0.384. The van der Waals surface area contributed by atoms with Gasteiger partial charge in [0.15, 0.2) is 5.78 Å². The summed E-state index contributed by atoms with van der Waals surface area (Å²) >= 11 is 0. The minimum atomic E-state index is -0.542. The van der Waals surface area contributed by atoms with Gasteiger partial charge in [-0.1, -0.05) is 18.7 Å². The maximum Gasteiger partial charge on any atom is 0.270 e. The second-order valence-corrected chi connectivity index (χ2v) is 2.38. The average molecular weight is 177 g/mol. The van der Waals surface area contributed by atoms with Crippen LogP contribution in [0, 0.1) is 10.1 Å². The summed E-state index contributed by atoms with van der Waals surface area (Å²) in [5.41, 5.74) is 0.192. The van der Waals surface area contributed by atoms with Crippen molar-refractivity contribution in [3.63, 3.8) is 0 Å². The minimum Gasteiger partial charge on any atom is -0.289 e. The van der Waals surface area contributed by atoms with Gasteiger partial charge in [0, 0.05) is 17.7 Å². The average Bonchev–Trinajstić information content (AvgIpc) is 2.17. The first-order chi connectivity index (χ1) is 6.15. The molecule has 0 atom stereocenters. The highest BCUT2D eigenvalue weighted by molar-refractivity contribution is 6.04. The number of nitro benzene ring substituents is 1. The molecule has 0 bridgehead atoms. The van der Waals surface area contributed by atoms with E-state index in [1.807, 2.05) is 0 Å². The number of rotatable bonds is 3. The molecule has 4 heteroatoms. The van der Waals surface area contributed by atoms with Crippen LogP contribution in [-0.2, 0) is 0 Å². The van der Waals surface area contributed by atoms with Crippen molar-refractivity contribution < 1.29 is 9.72 Å². The Bertz CT molecular complexity index is 371. The number of non-ortho nitro benzene ring substituents is 1. The molecule has 66 valence electrons. The van der Waals surface area contributed by atoms with E-state index in [1.165, 1.54) is 24.3 Å². The van der Waals surface area contributed by atoms with Crippen LogP contribution in [0.4, 0.5) is 5.69 Å². The van der Waals surface area contributed by atoms with E-state index < -0.39 is 4.92 Å². The number of nitrogens with zero attached hydrogens (tertiary/aromatic N) is 1. The molecule has 1 rings (SSSR count). The van der Waals surface area contributed by atoms with Gasteiger partial charge in [0.25, 0.3) is 5.69 Å². The van der Waals surface area contributed by atoms with Crippen LogP contribution in [0.2, 0.25) is 0 Å². The molecule has 0 unspecified atom stereocenters. The van der Waals surface area contributed by atoms with Gasteiger partial charge in [0.1, 0.15) is 0 Å². The number of ketones is 1. The van der Waals surface area contributed by atoms with Gasteiger partial charge in [-0.3, -0.25) is 14.9 Å². The Morgan fingerprint density at radius 1 is 1.54 bits per heavy atom. The summed E-state index contributed by atoms with van der Waals surface area (Å²) in [6, 6.07) is 5.54. The predicted molar refractivity (Wildman–Crippen MR) is 47.6 cm³/mol. The lowest BCUT2D eigenvalue weighted by Gasteiger charge is -1.94. The largest absolute Gasteiger partial charge is 0.289 e. The summed E-state index contributed by atoms with van der Waals surface area (Å²) in [6.45, 7) is 3.29. The molecule has 0 aromatic heterocycles. The SMILES string of the molecule is C=CC(=O)c1cccc([N+](=O)[O-])c1. The predicted octanol–water partition coefficient (Wildman–Crippen LogP) is 1.96. The molecular formula is C9H7NO3. The highest BCUT2D eigenvalue weighted by Gasteiger charge is 2.08. The molecule has 0 aliphatic heterocycles. The van der Waals surface area contributed by atoms with Gasteiger partial charge < -0.3 is 0 Å². The molecule has 0 radical (unpaired) electrons. The Morgan fingerprint density at radius 2 is 2.23 bits per heavy atom. The van der Waals surface area contributed by atoms with Crippen LogP contribution in [0.15, 0.2) is 36.9 Å². The smallest absolute Gasteiger partial charge is 0.270 e. The van der Waals surface area contributed by atoms with E-state index in [9.17, 15) is 14.9 Å². The maximum atomic E-state index is 11.0. The van der Waals surface area contributed by atoms with E-state index in [4.69, 9.17) is 0 Å². The molecular weight excluding hydrogens is 170 g/mol. The van der Waals surface area contributed by atoms with Crippen LogP contribution in [-0.4, -0.2) is 10.7 Å². The van der Waals surface area contributed by atoms with E-state index in [0.717, 1.165) is 6.08 Å². The number of hydrogen-bond donors (Lipinski definition) is 0. The first-order valence-corrected chi connectivity index (χ1v) is 3.56. The maximum absolute atomic E-state index is 11.0. The molecule has 0 amide bonds. The second kappa shape index (κ2) is 3.62. The molecule has 4 nitrogen and oxygen atoms in total. The molecule has 0 saturated heterocycles. The highest BCUT2D eigenvalue weighted by Crippen LogP contribution is 2.13. The van der Waals surface area contributed by atoms with Crippen molar-refractivity contribution in [3.05, 3.63) is 52.6 Å². The number of carbonyl (C=O) groups excluding carboxylic acids is 1. The lowest BCUT2D eigenvalue weighted by atomic mass is 10.1. The Labute approximate surface area is 74.7 Å². The van der Waals surface area contributed by atoms with Crippen molar-refractivity contribution in [1.29, 1.82) is 0 Å². The highest BCUT2D eigenvalue weighted by atomic mass is 16.6. The third kappa shape index (κ3) is 1.99. The van der Waals surface area contributed by atoms with E-state index in [0.29, 0.717) is 0 Å².